The highest BCUT2D eigenvalue weighted by atomic mass is 35.5. The molecule has 66 valence electrons. The van der Waals surface area contributed by atoms with Crippen LogP contribution in [-0.4, -0.2) is 23.7 Å². The number of nitrogens with one attached hydrogen (secondary N) is 1. The molecule has 0 aromatic rings. The van der Waals surface area contributed by atoms with E-state index >= 15 is 0 Å². The number of carboxylic acid groups (broad SMARTS) is 1. The molecule has 1 atom stereocenters. The van der Waals surface area contributed by atoms with Crippen molar-refractivity contribution in [1.82, 2.24) is 5.32 Å². The molecule has 1 aliphatic rings. The topological polar surface area (TPSA) is 49.3 Å². The Hall–Kier alpha value is -0.280. The summed E-state index contributed by atoms with van der Waals surface area (Å²) < 4.78 is 0. The van der Waals surface area contributed by atoms with Gasteiger partial charge in [0.1, 0.15) is 6.04 Å². The fourth-order valence-electron chi connectivity index (χ4n) is 1.24. The normalized spacial score (nSPS) is 24.9. The molecule has 0 radical (unpaired) electrons. The quantitative estimate of drug-likeness (QED) is 0.632. The summed E-state index contributed by atoms with van der Waals surface area (Å²) in [5.74, 6) is -0.707. The third-order valence-electron chi connectivity index (χ3n) is 1.86. The van der Waals surface area contributed by atoms with Crippen LogP contribution in [0.25, 0.3) is 0 Å². The largest absolute Gasteiger partial charge is 0.480 e. The summed E-state index contributed by atoms with van der Waals surface area (Å²) in [5.41, 5.74) is 0. The van der Waals surface area contributed by atoms with E-state index in [0.29, 0.717) is 0 Å². The van der Waals surface area contributed by atoms with Crippen molar-refractivity contribution in [3.8, 4) is 0 Å². The van der Waals surface area contributed by atoms with Crippen LogP contribution in [0.15, 0.2) is 0 Å². The van der Waals surface area contributed by atoms with Crippen LogP contribution in [0.2, 0.25) is 0 Å². The molecule has 0 aromatic heterocycles. The van der Waals surface area contributed by atoms with Gasteiger partial charge in [0.2, 0.25) is 0 Å². The van der Waals surface area contributed by atoms with Gasteiger partial charge in [0.05, 0.1) is 0 Å². The lowest BCUT2D eigenvalue weighted by Gasteiger charge is -2.08. The second kappa shape index (κ2) is 5.38. The maximum Gasteiger partial charge on any atom is 0.320 e. The van der Waals surface area contributed by atoms with Crippen LogP contribution < -0.4 is 5.32 Å². The fraction of sp³-hybridized carbons (Fsp3) is 0.857. The van der Waals surface area contributed by atoms with Gasteiger partial charge < -0.3 is 10.4 Å². The number of rotatable bonds is 1. The maximum absolute atomic E-state index is 10.4. The van der Waals surface area contributed by atoms with Gasteiger partial charge in [0.15, 0.2) is 0 Å². The molecule has 2 N–H and O–H groups in total. The van der Waals surface area contributed by atoms with E-state index in [1.807, 2.05) is 0 Å². The number of carbonyl (C=O) groups is 1. The highest BCUT2D eigenvalue weighted by Crippen LogP contribution is 2.07. The summed E-state index contributed by atoms with van der Waals surface area (Å²) in [5, 5.41) is 11.6. The first-order chi connectivity index (χ1) is 4.80. The molecule has 1 fully saturated rings. The zero-order valence-corrected chi connectivity index (χ0v) is 7.19. The smallest absolute Gasteiger partial charge is 0.320 e. The van der Waals surface area contributed by atoms with Crippen LogP contribution in [-0.2, 0) is 4.79 Å². The Labute approximate surface area is 72.6 Å². The van der Waals surface area contributed by atoms with Crippen LogP contribution in [0.3, 0.4) is 0 Å². The highest BCUT2D eigenvalue weighted by Gasteiger charge is 2.17. The minimum atomic E-state index is -0.707. The van der Waals surface area contributed by atoms with Crippen molar-refractivity contribution < 1.29 is 9.90 Å². The first kappa shape index (κ1) is 10.7. The molecule has 0 unspecified atom stereocenters. The summed E-state index contributed by atoms with van der Waals surface area (Å²) in [6.45, 7) is 0.858. The van der Waals surface area contributed by atoms with Gasteiger partial charge in [0.25, 0.3) is 0 Å². The summed E-state index contributed by atoms with van der Waals surface area (Å²) in [6, 6.07) is -0.289. The lowest BCUT2D eigenvalue weighted by atomic mass is 10.1. The van der Waals surface area contributed by atoms with E-state index in [1.165, 1.54) is 0 Å². The van der Waals surface area contributed by atoms with Crippen LogP contribution in [0.5, 0.6) is 0 Å². The molecular weight excluding hydrogens is 166 g/mol. The van der Waals surface area contributed by atoms with Gasteiger partial charge in [-0.05, 0) is 19.4 Å². The van der Waals surface area contributed by atoms with Crippen molar-refractivity contribution in [1.29, 1.82) is 0 Å². The molecular formula is C7H14ClNO2. The average Bonchev–Trinajstić information content (AvgIpc) is 2.12. The van der Waals surface area contributed by atoms with Gasteiger partial charge in [0, 0.05) is 0 Å². The molecule has 0 spiro atoms. The second-order valence-electron chi connectivity index (χ2n) is 2.69. The summed E-state index contributed by atoms with van der Waals surface area (Å²) in [7, 11) is 0. The van der Waals surface area contributed by atoms with Gasteiger partial charge in [-0.2, -0.15) is 0 Å². The number of aliphatic carboxylic acids is 1. The predicted molar refractivity (Wildman–Crippen MR) is 45.1 cm³/mol. The van der Waals surface area contributed by atoms with Gasteiger partial charge in [-0.25, -0.2) is 0 Å². The average molecular weight is 180 g/mol. The summed E-state index contributed by atoms with van der Waals surface area (Å²) in [4.78, 5) is 10.4. The molecule has 1 aliphatic heterocycles. The van der Waals surface area contributed by atoms with Crippen molar-refractivity contribution >= 4 is 18.4 Å². The molecule has 0 aliphatic carbocycles. The van der Waals surface area contributed by atoms with Gasteiger partial charge >= 0.3 is 5.97 Å². The number of carboxylic acids is 1. The van der Waals surface area contributed by atoms with Crippen LogP contribution in [0.4, 0.5) is 0 Å². The first-order valence-electron chi connectivity index (χ1n) is 3.77. The number of halogens is 1. The Kier molecular flexibility index (Phi) is 5.24. The molecule has 1 saturated heterocycles. The minimum Gasteiger partial charge on any atom is -0.480 e. The standard InChI is InChI=1S/C7H13NO2.ClH/c9-7(10)6-4-2-1-3-5-8-6;/h6,8H,1-5H2,(H,9,10);1H/t6-;/m1./s1. The molecule has 0 amide bonds. The Bertz CT molecular complexity index is 122. The van der Waals surface area contributed by atoms with Crippen molar-refractivity contribution in [3.63, 3.8) is 0 Å². The number of hydrogen-bond donors (Lipinski definition) is 2. The van der Waals surface area contributed by atoms with Crippen molar-refractivity contribution in [2.45, 2.75) is 31.7 Å². The molecule has 11 heavy (non-hydrogen) atoms. The summed E-state index contributed by atoms with van der Waals surface area (Å²) >= 11 is 0. The SMILES string of the molecule is Cl.O=C(O)[C@H]1CCCCCN1. The van der Waals surface area contributed by atoms with Crippen LogP contribution in [0.1, 0.15) is 25.7 Å². The van der Waals surface area contributed by atoms with Crippen molar-refractivity contribution in [2.75, 3.05) is 6.54 Å². The molecule has 0 aromatic carbocycles. The Morgan fingerprint density at radius 3 is 2.73 bits per heavy atom. The van der Waals surface area contributed by atoms with E-state index in [0.717, 1.165) is 32.2 Å². The van der Waals surface area contributed by atoms with E-state index in [4.69, 9.17) is 5.11 Å². The monoisotopic (exact) mass is 179 g/mol. The van der Waals surface area contributed by atoms with Crippen molar-refractivity contribution in [3.05, 3.63) is 0 Å². The fourth-order valence-corrected chi connectivity index (χ4v) is 1.24. The van der Waals surface area contributed by atoms with E-state index in [9.17, 15) is 4.79 Å². The highest BCUT2D eigenvalue weighted by molar-refractivity contribution is 5.85. The van der Waals surface area contributed by atoms with Gasteiger partial charge in [-0.3, -0.25) is 4.79 Å². The lowest BCUT2D eigenvalue weighted by molar-refractivity contribution is -0.139. The van der Waals surface area contributed by atoms with Gasteiger partial charge in [-0.1, -0.05) is 12.8 Å². The van der Waals surface area contributed by atoms with Crippen LogP contribution in [0, 0.1) is 0 Å². The van der Waals surface area contributed by atoms with Crippen molar-refractivity contribution in [2.24, 2.45) is 0 Å². The first-order valence-corrected chi connectivity index (χ1v) is 3.77. The Balaban J connectivity index is 0.000001000. The number of hydrogen-bond acceptors (Lipinski definition) is 2. The van der Waals surface area contributed by atoms with E-state index < -0.39 is 5.97 Å². The predicted octanol–water partition coefficient (Wildman–Crippen LogP) is 1.02. The summed E-state index contributed by atoms with van der Waals surface area (Å²) in [6.07, 6.45) is 4.11. The zero-order valence-electron chi connectivity index (χ0n) is 6.38. The molecule has 0 saturated carbocycles. The molecule has 3 nitrogen and oxygen atoms in total. The lowest BCUT2D eigenvalue weighted by Crippen LogP contribution is -2.35. The molecule has 4 heteroatoms. The molecule has 0 bridgehead atoms. The Morgan fingerprint density at radius 1 is 1.36 bits per heavy atom. The third-order valence-corrected chi connectivity index (χ3v) is 1.86. The molecule has 1 heterocycles. The van der Waals surface area contributed by atoms with E-state index in [-0.39, 0.29) is 18.4 Å². The minimum absolute atomic E-state index is 0. The zero-order chi connectivity index (χ0) is 7.40. The maximum atomic E-state index is 10.4. The molecule has 1 rings (SSSR count). The van der Waals surface area contributed by atoms with Gasteiger partial charge in [-0.15, -0.1) is 12.4 Å². The van der Waals surface area contributed by atoms with E-state index in [2.05, 4.69) is 5.32 Å². The second-order valence-corrected chi connectivity index (χ2v) is 2.69. The third kappa shape index (κ3) is 3.58. The Morgan fingerprint density at radius 2 is 2.09 bits per heavy atom. The van der Waals surface area contributed by atoms with Crippen LogP contribution >= 0.6 is 12.4 Å². The van der Waals surface area contributed by atoms with E-state index in [1.54, 1.807) is 0 Å².